The van der Waals surface area contributed by atoms with Crippen molar-refractivity contribution >= 4 is 0 Å². The number of halogens is 1. The predicted octanol–water partition coefficient (Wildman–Crippen LogP) is 2.40. The van der Waals surface area contributed by atoms with E-state index >= 15 is 0 Å². The normalized spacial score (nSPS) is 18.8. The number of rotatable bonds is 3. The summed E-state index contributed by atoms with van der Waals surface area (Å²) in [5.74, 6) is 0.260. The van der Waals surface area contributed by atoms with Crippen molar-refractivity contribution in [3.05, 3.63) is 42.0 Å². The van der Waals surface area contributed by atoms with Gasteiger partial charge in [-0.25, -0.2) is 9.37 Å². The molecule has 1 aliphatic rings. The largest absolute Gasteiger partial charge is 0.444 e. The third kappa shape index (κ3) is 2.71. The van der Waals surface area contributed by atoms with Gasteiger partial charge in [-0.05, 0) is 57.2 Å². The van der Waals surface area contributed by atoms with E-state index in [0.29, 0.717) is 12.4 Å². The van der Waals surface area contributed by atoms with Gasteiger partial charge >= 0.3 is 0 Å². The van der Waals surface area contributed by atoms with Crippen LogP contribution in [0.2, 0.25) is 0 Å². The van der Waals surface area contributed by atoms with Gasteiger partial charge < -0.3 is 15.1 Å². The van der Waals surface area contributed by atoms with Crippen molar-refractivity contribution in [1.29, 1.82) is 0 Å². The van der Waals surface area contributed by atoms with Gasteiger partial charge in [0.2, 0.25) is 5.89 Å². The first-order valence-electron chi connectivity index (χ1n) is 7.23. The maximum Gasteiger partial charge on any atom is 0.226 e. The van der Waals surface area contributed by atoms with Crippen molar-refractivity contribution in [1.82, 2.24) is 9.88 Å². The van der Waals surface area contributed by atoms with Crippen molar-refractivity contribution in [2.45, 2.75) is 18.3 Å². The van der Waals surface area contributed by atoms with E-state index in [1.807, 2.05) is 0 Å². The van der Waals surface area contributed by atoms with Gasteiger partial charge in [0, 0.05) is 17.5 Å². The minimum Gasteiger partial charge on any atom is -0.444 e. The Balaban J connectivity index is 1.88. The fourth-order valence-electron chi connectivity index (χ4n) is 2.85. The molecule has 0 spiro atoms. The topological polar surface area (TPSA) is 55.3 Å². The zero-order valence-corrected chi connectivity index (χ0v) is 12.2. The monoisotopic (exact) mass is 289 g/mol. The molecule has 1 fully saturated rings. The van der Waals surface area contributed by atoms with Crippen molar-refractivity contribution in [2.75, 3.05) is 26.7 Å². The highest BCUT2D eigenvalue weighted by atomic mass is 19.1. The second-order valence-corrected chi connectivity index (χ2v) is 5.83. The molecule has 112 valence electrons. The second-order valence-electron chi connectivity index (χ2n) is 5.83. The van der Waals surface area contributed by atoms with Gasteiger partial charge in [-0.2, -0.15) is 0 Å². The number of oxazole rings is 1. The molecule has 1 aromatic carbocycles. The SMILES string of the molecule is CN1CCC(CN)(c2coc(-c3ccc(F)cc3)n2)CC1. The molecule has 0 saturated carbocycles. The van der Waals surface area contributed by atoms with E-state index in [1.165, 1.54) is 12.1 Å². The predicted molar refractivity (Wildman–Crippen MR) is 79.4 cm³/mol. The summed E-state index contributed by atoms with van der Waals surface area (Å²) in [4.78, 5) is 6.91. The van der Waals surface area contributed by atoms with Crippen LogP contribution in [-0.2, 0) is 5.41 Å². The smallest absolute Gasteiger partial charge is 0.226 e. The van der Waals surface area contributed by atoms with Crippen molar-refractivity contribution < 1.29 is 8.81 Å². The molecule has 5 heteroatoms. The number of aromatic nitrogens is 1. The molecular weight excluding hydrogens is 269 g/mol. The summed E-state index contributed by atoms with van der Waals surface area (Å²) in [5.41, 5.74) is 7.63. The standard InChI is InChI=1S/C16H20FN3O/c1-20-8-6-16(11-18,7-9-20)14-10-21-15(19-14)12-2-4-13(17)5-3-12/h2-5,10H,6-9,11,18H2,1H3. The number of hydrogen-bond donors (Lipinski definition) is 1. The van der Waals surface area contributed by atoms with Gasteiger partial charge in [0.1, 0.15) is 12.1 Å². The molecule has 0 aliphatic carbocycles. The van der Waals surface area contributed by atoms with Crippen LogP contribution in [-0.4, -0.2) is 36.6 Å². The Kier molecular flexibility index (Phi) is 3.78. The molecule has 3 rings (SSSR count). The van der Waals surface area contributed by atoms with E-state index in [9.17, 15) is 4.39 Å². The highest BCUT2D eigenvalue weighted by molar-refractivity contribution is 5.53. The Morgan fingerprint density at radius 3 is 2.57 bits per heavy atom. The molecule has 2 N–H and O–H groups in total. The Morgan fingerprint density at radius 2 is 1.95 bits per heavy atom. The number of hydrogen-bond acceptors (Lipinski definition) is 4. The molecular formula is C16H20FN3O. The number of nitrogens with two attached hydrogens (primary N) is 1. The van der Waals surface area contributed by atoms with Crippen molar-refractivity contribution in [3.8, 4) is 11.5 Å². The first-order chi connectivity index (χ1) is 10.1. The average molecular weight is 289 g/mol. The van der Waals surface area contributed by atoms with Crippen LogP contribution in [0, 0.1) is 5.82 Å². The maximum atomic E-state index is 13.0. The average Bonchev–Trinajstić information content (AvgIpc) is 3.00. The highest BCUT2D eigenvalue weighted by Crippen LogP contribution is 2.35. The van der Waals surface area contributed by atoms with E-state index in [-0.39, 0.29) is 11.2 Å². The van der Waals surface area contributed by atoms with Gasteiger partial charge in [-0.3, -0.25) is 0 Å². The summed E-state index contributed by atoms with van der Waals surface area (Å²) >= 11 is 0. The lowest BCUT2D eigenvalue weighted by atomic mass is 9.76. The van der Waals surface area contributed by atoms with Crippen LogP contribution in [0.4, 0.5) is 4.39 Å². The molecule has 4 nitrogen and oxygen atoms in total. The fraction of sp³-hybridized carbons (Fsp3) is 0.438. The van der Waals surface area contributed by atoms with Crippen LogP contribution in [0.1, 0.15) is 18.5 Å². The Morgan fingerprint density at radius 1 is 1.29 bits per heavy atom. The van der Waals surface area contributed by atoms with Crippen molar-refractivity contribution in [3.63, 3.8) is 0 Å². The van der Waals surface area contributed by atoms with Crippen LogP contribution in [0.3, 0.4) is 0 Å². The summed E-state index contributed by atoms with van der Waals surface area (Å²) in [7, 11) is 2.12. The molecule has 1 aliphatic heterocycles. The molecule has 0 atom stereocenters. The first-order valence-corrected chi connectivity index (χ1v) is 7.23. The minimum atomic E-state index is -0.265. The van der Waals surface area contributed by atoms with Gasteiger partial charge in [-0.15, -0.1) is 0 Å². The number of likely N-dealkylation sites (tertiary alicyclic amines) is 1. The molecule has 0 radical (unpaired) electrons. The molecule has 0 bridgehead atoms. The Hall–Kier alpha value is -1.72. The van der Waals surface area contributed by atoms with Gasteiger partial charge in [-0.1, -0.05) is 0 Å². The highest BCUT2D eigenvalue weighted by Gasteiger charge is 2.36. The Bertz CT molecular complexity index is 600. The van der Waals surface area contributed by atoms with Crippen molar-refractivity contribution in [2.24, 2.45) is 5.73 Å². The number of benzene rings is 1. The lowest BCUT2D eigenvalue weighted by molar-refractivity contribution is 0.188. The molecule has 1 saturated heterocycles. The van der Waals surface area contributed by atoms with E-state index < -0.39 is 0 Å². The number of nitrogens with zero attached hydrogens (tertiary/aromatic N) is 2. The van der Waals surface area contributed by atoms with Crippen LogP contribution < -0.4 is 5.73 Å². The van der Waals surface area contributed by atoms with Gasteiger partial charge in [0.25, 0.3) is 0 Å². The third-order valence-electron chi connectivity index (χ3n) is 4.47. The fourth-order valence-corrected chi connectivity index (χ4v) is 2.85. The van der Waals surface area contributed by atoms with Gasteiger partial charge in [0.05, 0.1) is 5.69 Å². The summed E-state index contributed by atoms with van der Waals surface area (Å²) in [6.45, 7) is 2.59. The zero-order chi connectivity index (χ0) is 14.9. The lowest BCUT2D eigenvalue weighted by Crippen LogP contribution is -2.45. The van der Waals surface area contributed by atoms with E-state index in [0.717, 1.165) is 37.2 Å². The van der Waals surface area contributed by atoms with Gasteiger partial charge in [0.15, 0.2) is 0 Å². The number of piperidine rings is 1. The van der Waals surface area contributed by atoms with E-state index in [4.69, 9.17) is 10.2 Å². The lowest BCUT2D eigenvalue weighted by Gasteiger charge is -2.38. The van der Waals surface area contributed by atoms with E-state index in [2.05, 4.69) is 16.9 Å². The molecule has 21 heavy (non-hydrogen) atoms. The Labute approximate surface area is 123 Å². The summed E-state index contributed by atoms with van der Waals surface area (Å²) < 4.78 is 18.6. The molecule has 2 heterocycles. The van der Waals surface area contributed by atoms with Crippen LogP contribution in [0.5, 0.6) is 0 Å². The first kappa shape index (κ1) is 14.2. The third-order valence-corrected chi connectivity index (χ3v) is 4.47. The molecule has 0 unspecified atom stereocenters. The van der Waals surface area contributed by atoms with Crippen LogP contribution in [0.15, 0.2) is 34.9 Å². The quantitative estimate of drug-likeness (QED) is 0.942. The van der Waals surface area contributed by atoms with E-state index in [1.54, 1.807) is 18.4 Å². The molecule has 0 amide bonds. The minimum absolute atomic E-state index is 0.103. The van der Waals surface area contributed by atoms with Crippen LogP contribution >= 0.6 is 0 Å². The molecule has 1 aromatic heterocycles. The summed E-state index contributed by atoms with van der Waals surface area (Å²) in [6, 6.07) is 6.17. The summed E-state index contributed by atoms with van der Waals surface area (Å²) in [6.07, 6.45) is 3.67. The maximum absolute atomic E-state index is 13.0. The van der Waals surface area contributed by atoms with Crippen LogP contribution in [0.25, 0.3) is 11.5 Å². The summed E-state index contributed by atoms with van der Waals surface area (Å²) in [5, 5.41) is 0. The zero-order valence-electron chi connectivity index (χ0n) is 12.2. The molecule has 2 aromatic rings. The second kappa shape index (κ2) is 5.58.